The predicted molar refractivity (Wildman–Crippen MR) is 108 cm³/mol. The van der Waals surface area contributed by atoms with E-state index in [2.05, 4.69) is 17.2 Å². The third-order valence-corrected chi connectivity index (χ3v) is 4.54. The Morgan fingerprint density at radius 2 is 1.41 bits per heavy atom. The van der Waals surface area contributed by atoms with E-state index in [0.29, 0.717) is 22.5 Å². The monoisotopic (exact) mass is 374 g/mol. The van der Waals surface area contributed by atoms with Crippen LogP contribution in [-0.2, 0) is 0 Å². The maximum Gasteiger partial charge on any atom is 0.198 e. The van der Waals surface area contributed by atoms with Crippen molar-refractivity contribution >= 4 is 5.78 Å². The Bertz CT molecular complexity index is 1260. The van der Waals surface area contributed by atoms with Gasteiger partial charge in [0.25, 0.3) is 0 Å². The van der Waals surface area contributed by atoms with Crippen molar-refractivity contribution < 1.29 is 4.79 Å². The van der Waals surface area contributed by atoms with Gasteiger partial charge in [-0.3, -0.25) is 4.79 Å². The van der Waals surface area contributed by atoms with Crippen molar-refractivity contribution in [3.63, 3.8) is 0 Å². The molecule has 0 atom stereocenters. The molecule has 0 N–H and O–H groups in total. The first-order valence-electron chi connectivity index (χ1n) is 8.91. The third kappa shape index (κ3) is 3.29. The maximum absolute atomic E-state index is 13.3. The Labute approximate surface area is 167 Å². The van der Waals surface area contributed by atoms with Crippen molar-refractivity contribution in [1.29, 1.82) is 10.5 Å². The molecule has 5 heteroatoms. The molecule has 4 aromatic rings. The van der Waals surface area contributed by atoms with Crippen LogP contribution in [0.25, 0.3) is 16.9 Å². The van der Waals surface area contributed by atoms with Crippen LogP contribution in [0.15, 0.2) is 84.9 Å². The molecule has 1 heterocycles. The molecule has 136 valence electrons. The first-order chi connectivity index (χ1) is 14.2. The Morgan fingerprint density at radius 1 is 0.793 bits per heavy atom. The lowest BCUT2D eigenvalue weighted by Crippen LogP contribution is -2.05. The molecule has 0 radical (unpaired) electrons. The number of ketones is 1. The normalized spacial score (nSPS) is 10.1. The van der Waals surface area contributed by atoms with Crippen LogP contribution in [0.5, 0.6) is 0 Å². The fraction of sp³-hybridized carbons (Fsp3) is 0. The molecular formula is C24H14N4O. The SMILES string of the molecule is N#Cc1ccc(-n2nc(C#N)c(C(=O)c3ccccc3)c2-c2ccccc2)cc1. The van der Waals surface area contributed by atoms with Crippen LogP contribution >= 0.6 is 0 Å². The van der Waals surface area contributed by atoms with E-state index < -0.39 is 0 Å². The lowest BCUT2D eigenvalue weighted by Gasteiger charge is -2.10. The van der Waals surface area contributed by atoms with Gasteiger partial charge in [0, 0.05) is 11.1 Å². The van der Waals surface area contributed by atoms with Crippen molar-refractivity contribution in [1.82, 2.24) is 9.78 Å². The van der Waals surface area contributed by atoms with Gasteiger partial charge in [0.15, 0.2) is 11.5 Å². The van der Waals surface area contributed by atoms with Crippen LogP contribution in [0.1, 0.15) is 27.2 Å². The summed E-state index contributed by atoms with van der Waals surface area (Å²) in [6.45, 7) is 0. The number of rotatable bonds is 4. The number of carbonyl (C=O) groups is 1. The van der Waals surface area contributed by atoms with E-state index in [1.807, 2.05) is 36.4 Å². The Kier molecular flexibility index (Phi) is 4.72. The highest BCUT2D eigenvalue weighted by Gasteiger charge is 2.26. The second kappa shape index (κ2) is 7.64. The average Bonchev–Trinajstić information content (AvgIpc) is 3.19. The summed E-state index contributed by atoms with van der Waals surface area (Å²) in [6.07, 6.45) is 0. The first kappa shape index (κ1) is 17.9. The second-order valence-electron chi connectivity index (χ2n) is 6.32. The number of hydrogen-bond donors (Lipinski definition) is 0. The van der Waals surface area contributed by atoms with E-state index in [1.54, 1.807) is 53.2 Å². The highest BCUT2D eigenvalue weighted by atomic mass is 16.1. The molecule has 1 aromatic heterocycles. The lowest BCUT2D eigenvalue weighted by atomic mass is 9.97. The minimum absolute atomic E-state index is 0.0575. The smallest absolute Gasteiger partial charge is 0.198 e. The third-order valence-electron chi connectivity index (χ3n) is 4.54. The van der Waals surface area contributed by atoms with Gasteiger partial charge in [-0.15, -0.1) is 0 Å². The van der Waals surface area contributed by atoms with Gasteiger partial charge in [-0.05, 0) is 24.3 Å². The van der Waals surface area contributed by atoms with Crippen LogP contribution in [0.2, 0.25) is 0 Å². The van der Waals surface area contributed by atoms with Crippen LogP contribution < -0.4 is 0 Å². The summed E-state index contributed by atoms with van der Waals surface area (Å²) >= 11 is 0. The zero-order valence-electron chi connectivity index (χ0n) is 15.3. The van der Waals surface area contributed by atoms with Gasteiger partial charge in [-0.25, -0.2) is 4.68 Å². The lowest BCUT2D eigenvalue weighted by molar-refractivity contribution is 0.103. The summed E-state index contributed by atoms with van der Waals surface area (Å²) in [4.78, 5) is 13.3. The molecule has 0 saturated carbocycles. The largest absolute Gasteiger partial charge is 0.288 e. The molecular weight excluding hydrogens is 360 g/mol. The van der Waals surface area contributed by atoms with Gasteiger partial charge < -0.3 is 0 Å². The van der Waals surface area contributed by atoms with Crippen molar-refractivity contribution in [2.75, 3.05) is 0 Å². The minimum Gasteiger partial charge on any atom is -0.288 e. The zero-order chi connectivity index (χ0) is 20.2. The standard InChI is InChI=1S/C24H14N4O/c25-15-17-11-13-20(14-12-17)28-23(18-7-3-1-4-8-18)22(21(16-26)27-28)24(29)19-9-5-2-6-10-19/h1-14H. The number of carbonyl (C=O) groups excluding carboxylic acids is 1. The summed E-state index contributed by atoms with van der Waals surface area (Å²) in [7, 11) is 0. The van der Waals surface area contributed by atoms with E-state index in [9.17, 15) is 10.1 Å². The molecule has 0 aliphatic rings. The fourth-order valence-electron chi connectivity index (χ4n) is 3.17. The molecule has 5 nitrogen and oxygen atoms in total. The maximum atomic E-state index is 13.3. The zero-order valence-corrected chi connectivity index (χ0v) is 15.3. The summed E-state index contributed by atoms with van der Waals surface area (Å²) in [6, 6.07) is 29.2. The van der Waals surface area contributed by atoms with Crippen molar-refractivity contribution in [3.05, 3.63) is 107 Å². The number of nitriles is 2. The molecule has 0 unspecified atom stereocenters. The van der Waals surface area contributed by atoms with Crippen LogP contribution in [0.3, 0.4) is 0 Å². The molecule has 0 fully saturated rings. The molecule has 0 amide bonds. The molecule has 0 saturated heterocycles. The van der Waals surface area contributed by atoms with E-state index >= 15 is 0 Å². The number of aromatic nitrogens is 2. The minimum atomic E-state index is -0.263. The van der Waals surface area contributed by atoms with E-state index in [0.717, 1.165) is 5.56 Å². The Balaban J connectivity index is 2.00. The van der Waals surface area contributed by atoms with Crippen molar-refractivity contribution in [3.8, 4) is 29.1 Å². The highest BCUT2D eigenvalue weighted by molar-refractivity contribution is 6.13. The van der Waals surface area contributed by atoms with Gasteiger partial charge in [-0.1, -0.05) is 60.7 Å². The molecule has 0 aliphatic carbocycles. The summed E-state index contributed by atoms with van der Waals surface area (Å²) < 4.78 is 1.59. The van der Waals surface area contributed by atoms with E-state index in [1.165, 1.54) is 0 Å². The van der Waals surface area contributed by atoms with E-state index in [4.69, 9.17) is 5.26 Å². The van der Waals surface area contributed by atoms with Gasteiger partial charge in [0.05, 0.1) is 28.6 Å². The number of benzene rings is 3. The summed E-state index contributed by atoms with van der Waals surface area (Å²) in [5.41, 5.74) is 3.29. The Hall–Kier alpha value is -4.48. The first-order valence-corrected chi connectivity index (χ1v) is 8.91. The second-order valence-corrected chi connectivity index (χ2v) is 6.32. The fourth-order valence-corrected chi connectivity index (χ4v) is 3.17. The highest BCUT2D eigenvalue weighted by Crippen LogP contribution is 2.31. The summed E-state index contributed by atoms with van der Waals surface area (Å²) in [5.74, 6) is -0.263. The quantitative estimate of drug-likeness (QED) is 0.492. The Morgan fingerprint density at radius 3 is 2.00 bits per heavy atom. The van der Waals surface area contributed by atoms with Crippen molar-refractivity contribution in [2.24, 2.45) is 0 Å². The average molecular weight is 374 g/mol. The molecule has 0 spiro atoms. The van der Waals surface area contributed by atoms with Gasteiger partial charge >= 0.3 is 0 Å². The molecule has 3 aromatic carbocycles. The molecule has 0 aliphatic heterocycles. The van der Waals surface area contributed by atoms with Crippen LogP contribution in [0.4, 0.5) is 0 Å². The summed E-state index contributed by atoms with van der Waals surface area (Å²) in [5, 5.41) is 23.2. The van der Waals surface area contributed by atoms with Gasteiger partial charge in [0.2, 0.25) is 0 Å². The predicted octanol–water partition coefficient (Wildman–Crippen LogP) is 4.51. The van der Waals surface area contributed by atoms with Gasteiger partial charge in [-0.2, -0.15) is 15.6 Å². The van der Waals surface area contributed by atoms with Gasteiger partial charge in [0.1, 0.15) is 6.07 Å². The topological polar surface area (TPSA) is 82.5 Å². The van der Waals surface area contributed by atoms with Crippen molar-refractivity contribution in [2.45, 2.75) is 0 Å². The number of nitrogens with zero attached hydrogens (tertiary/aromatic N) is 4. The van der Waals surface area contributed by atoms with E-state index in [-0.39, 0.29) is 17.0 Å². The van der Waals surface area contributed by atoms with Crippen LogP contribution in [0, 0.1) is 22.7 Å². The number of hydrogen-bond acceptors (Lipinski definition) is 4. The molecule has 29 heavy (non-hydrogen) atoms. The molecule has 4 rings (SSSR count). The molecule has 0 bridgehead atoms. The van der Waals surface area contributed by atoms with Crippen LogP contribution in [-0.4, -0.2) is 15.6 Å².